The molecule has 1 heterocycles. The molecule has 0 saturated carbocycles. The van der Waals surface area contributed by atoms with Crippen LogP contribution in [0.2, 0.25) is 0 Å². The Bertz CT molecular complexity index is 635. The maximum atomic E-state index is 11.7. The van der Waals surface area contributed by atoms with E-state index in [4.69, 9.17) is 5.11 Å². The first-order valence-electron chi connectivity index (χ1n) is 6.42. The third-order valence-electron chi connectivity index (χ3n) is 3.05. The molecular weight excluding hydrogens is 288 g/mol. The highest BCUT2D eigenvalue weighted by Crippen LogP contribution is 2.12. The zero-order valence-electron chi connectivity index (χ0n) is 11.6. The molecule has 2 amide bonds. The first-order chi connectivity index (χ1) is 10.1. The van der Waals surface area contributed by atoms with Gasteiger partial charge in [-0.15, -0.1) is 0 Å². The number of thiophene rings is 1. The van der Waals surface area contributed by atoms with Crippen molar-refractivity contribution in [2.24, 2.45) is 0 Å². The van der Waals surface area contributed by atoms with Crippen LogP contribution < -0.4 is 10.6 Å². The summed E-state index contributed by atoms with van der Waals surface area (Å²) in [5.41, 5.74) is 3.36. The standard InChI is InChI=1S/C15H16N2O3S/c1-10-8-21-9-13(10)7-17-15(20)16-6-11-2-4-12(5-3-11)14(18)19/h2-5,8-9H,6-7H2,1H3,(H,18,19)(H2,16,17,20). The highest BCUT2D eigenvalue weighted by atomic mass is 32.1. The van der Waals surface area contributed by atoms with Crippen molar-refractivity contribution in [3.8, 4) is 0 Å². The maximum absolute atomic E-state index is 11.7. The number of rotatable bonds is 5. The van der Waals surface area contributed by atoms with E-state index in [9.17, 15) is 9.59 Å². The molecule has 6 heteroatoms. The summed E-state index contributed by atoms with van der Waals surface area (Å²) < 4.78 is 0. The van der Waals surface area contributed by atoms with E-state index in [0.717, 1.165) is 11.1 Å². The van der Waals surface area contributed by atoms with Crippen LogP contribution in [0.15, 0.2) is 35.0 Å². The summed E-state index contributed by atoms with van der Waals surface area (Å²) >= 11 is 1.61. The topological polar surface area (TPSA) is 78.4 Å². The number of aromatic carboxylic acids is 1. The van der Waals surface area contributed by atoms with Gasteiger partial charge in [0.1, 0.15) is 0 Å². The third kappa shape index (κ3) is 4.32. The first kappa shape index (κ1) is 15.1. The molecule has 0 unspecified atom stereocenters. The molecule has 0 spiro atoms. The second kappa shape index (κ2) is 6.90. The smallest absolute Gasteiger partial charge is 0.335 e. The fourth-order valence-electron chi connectivity index (χ4n) is 1.75. The Morgan fingerprint density at radius 1 is 1.10 bits per heavy atom. The van der Waals surface area contributed by atoms with Crippen LogP contribution >= 0.6 is 11.3 Å². The average molecular weight is 304 g/mol. The highest BCUT2D eigenvalue weighted by Gasteiger charge is 2.05. The summed E-state index contributed by atoms with van der Waals surface area (Å²) in [5.74, 6) is -0.960. The van der Waals surface area contributed by atoms with Crippen LogP contribution in [-0.2, 0) is 13.1 Å². The van der Waals surface area contributed by atoms with Crippen LogP contribution in [0.1, 0.15) is 27.0 Å². The second-order valence-electron chi connectivity index (χ2n) is 4.62. The monoisotopic (exact) mass is 304 g/mol. The number of carboxylic acids is 1. The van der Waals surface area contributed by atoms with Gasteiger partial charge in [-0.05, 0) is 46.5 Å². The quantitative estimate of drug-likeness (QED) is 0.794. The molecule has 0 aliphatic heterocycles. The normalized spacial score (nSPS) is 10.1. The Hall–Kier alpha value is -2.34. The van der Waals surface area contributed by atoms with Crippen LogP contribution in [0.5, 0.6) is 0 Å². The Kier molecular flexibility index (Phi) is 4.94. The second-order valence-corrected chi connectivity index (χ2v) is 5.36. The number of hydrogen-bond donors (Lipinski definition) is 3. The molecule has 21 heavy (non-hydrogen) atoms. The summed E-state index contributed by atoms with van der Waals surface area (Å²) in [4.78, 5) is 22.4. The number of carbonyl (C=O) groups excluding carboxylic acids is 1. The van der Waals surface area contributed by atoms with Crippen molar-refractivity contribution < 1.29 is 14.7 Å². The lowest BCUT2D eigenvalue weighted by atomic mass is 10.1. The number of nitrogens with one attached hydrogen (secondary N) is 2. The van der Waals surface area contributed by atoms with Gasteiger partial charge < -0.3 is 15.7 Å². The Morgan fingerprint density at radius 2 is 1.76 bits per heavy atom. The predicted octanol–water partition coefficient (Wildman–Crippen LogP) is 2.75. The minimum atomic E-state index is -0.960. The van der Waals surface area contributed by atoms with Gasteiger partial charge in [0.15, 0.2) is 0 Å². The summed E-state index contributed by atoms with van der Waals surface area (Å²) in [5, 5.41) is 18.4. The lowest BCUT2D eigenvalue weighted by molar-refractivity contribution is 0.0697. The lowest BCUT2D eigenvalue weighted by Gasteiger charge is -2.08. The zero-order valence-corrected chi connectivity index (χ0v) is 12.4. The molecule has 3 N–H and O–H groups in total. The van der Waals surface area contributed by atoms with Gasteiger partial charge in [-0.2, -0.15) is 11.3 Å². The van der Waals surface area contributed by atoms with Crippen molar-refractivity contribution >= 4 is 23.3 Å². The summed E-state index contributed by atoms with van der Waals surface area (Å²) in [6, 6.07) is 6.17. The number of urea groups is 1. The van der Waals surface area contributed by atoms with E-state index in [-0.39, 0.29) is 11.6 Å². The number of carboxylic acid groups (broad SMARTS) is 1. The van der Waals surface area contributed by atoms with Gasteiger partial charge in [0.2, 0.25) is 0 Å². The Morgan fingerprint density at radius 3 is 2.33 bits per heavy atom. The molecule has 2 rings (SSSR count). The lowest BCUT2D eigenvalue weighted by Crippen LogP contribution is -2.34. The molecule has 110 valence electrons. The average Bonchev–Trinajstić information content (AvgIpc) is 2.88. The van der Waals surface area contributed by atoms with E-state index in [1.807, 2.05) is 17.7 Å². The molecule has 0 aliphatic rings. The molecule has 2 aromatic rings. The predicted molar refractivity (Wildman–Crippen MR) is 81.5 cm³/mol. The van der Waals surface area contributed by atoms with Crippen LogP contribution in [0, 0.1) is 6.92 Å². The van der Waals surface area contributed by atoms with Crippen LogP contribution in [0.3, 0.4) is 0 Å². The van der Waals surface area contributed by atoms with Crippen LogP contribution in [0.25, 0.3) is 0 Å². The van der Waals surface area contributed by atoms with Gasteiger partial charge in [-0.3, -0.25) is 0 Å². The van der Waals surface area contributed by atoms with Crippen molar-refractivity contribution in [1.29, 1.82) is 0 Å². The minimum Gasteiger partial charge on any atom is -0.478 e. The number of amides is 2. The van der Waals surface area contributed by atoms with E-state index < -0.39 is 5.97 Å². The SMILES string of the molecule is Cc1cscc1CNC(=O)NCc1ccc(C(=O)O)cc1. The number of carbonyl (C=O) groups is 2. The molecule has 1 aromatic heterocycles. The van der Waals surface area contributed by atoms with Gasteiger partial charge in [0.05, 0.1) is 5.56 Å². The number of hydrogen-bond acceptors (Lipinski definition) is 3. The van der Waals surface area contributed by atoms with E-state index in [1.54, 1.807) is 23.5 Å². The molecule has 0 bridgehead atoms. The fraction of sp³-hybridized carbons (Fsp3) is 0.200. The fourth-order valence-corrected chi connectivity index (χ4v) is 2.61. The van der Waals surface area contributed by atoms with E-state index in [1.165, 1.54) is 17.7 Å². The van der Waals surface area contributed by atoms with Crippen LogP contribution in [-0.4, -0.2) is 17.1 Å². The van der Waals surface area contributed by atoms with Crippen molar-refractivity contribution in [3.05, 3.63) is 57.3 Å². The highest BCUT2D eigenvalue weighted by molar-refractivity contribution is 7.08. The number of aryl methyl sites for hydroxylation is 1. The van der Waals surface area contributed by atoms with Crippen molar-refractivity contribution in [2.75, 3.05) is 0 Å². The Labute approximate surface area is 126 Å². The van der Waals surface area contributed by atoms with Crippen molar-refractivity contribution in [2.45, 2.75) is 20.0 Å². The largest absolute Gasteiger partial charge is 0.478 e. The van der Waals surface area contributed by atoms with E-state index in [2.05, 4.69) is 10.6 Å². The summed E-state index contributed by atoms with van der Waals surface area (Å²) in [6.07, 6.45) is 0. The maximum Gasteiger partial charge on any atom is 0.335 e. The summed E-state index contributed by atoms with van der Waals surface area (Å²) in [7, 11) is 0. The molecule has 5 nitrogen and oxygen atoms in total. The van der Waals surface area contributed by atoms with Gasteiger partial charge in [0, 0.05) is 13.1 Å². The van der Waals surface area contributed by atoms with Gasteiger partial charge in [-0.25, -0.2) is 9.59 Å². The minimum absolute atomic E-state index is 0.233. The molecule has 0 fully saturated rings. The van der Waals surface area contributed by atoms with E-state index >= 15 is 0 Å². The number of benzene rings is 1. The van der Waals surface area contributed by atoms with Crippen LogP contribution in [0.4, 0.5) is 4.79 Å². The first-order valence-corrected chi connectivity index (χ1v) is 7.36. The van der Waals surface area contributed by atoms with Crippen molar-refractivity contribution in [3.63, 3.8) is 0 Å². The third-order valence-corrected chi connectivity index (χ3v) is 3.97. The Balaban J connectivity index is 1.78. The molecule has 0 aliphatic carbocycles. The van der Waals surface area contributed by atoms with Gasteiger partial charge in [-0.1, -0.05) is 12.1 Å². The summed E-state index contributed by atoms with van der Waals surface area (Å²) in [6.45, 7) is 2.86. The molecule has 0 radical (unpaired) electrons. The zero-order chi connectivity index (χ0) is 15.2. The molecular formula is C15H16N2O3S. The van der Waals surface area contributed by atoms with E-state index in [0.29, 0.717) is 13.1 Å². The molecule has 0 atom stereocenters. The molecule has 1 aromatic carbocycles. The van der Waals surface area contributed by atoms with Gasteiger partial charge >= 0.3 is 12.0 Å². The van der Waals surface area contributed by atoms with Gasteiger partial charge in [0.25, 0.3) is 0 Å². The van der Waals surface area contributed by atoms with Crippen molar-refractivity contribution in [1.82, 2.24) is 10.6 Å². The molecule has 0 saturated heterocycles.